The molecular weight excluding hydrogens is 568 g/mol. The molecule has 2 aromatic rings. The molecular formula is C31H40N6O7. The van der Waals surface area contributed by atoms with Gasteiger partial charge in [0.2, 0.25) is 35.4 Å². The number of benzene rings is 2. The van der Waals surface area contributed by atoms with Crippen molar-refractivity contribution >= 4 is 35.4 Å². The fourth-order valence-corrected chi connectivity index (χ4v) is 4.59. The first-order valence-electron chi connectivity index (χ1n) is 14.5. The lowest BCUT2D eigenvalue weighted by atomic mass is 10.0. The number of amides is 6. The van der Waals surface area contributed by atoms with Crippen LogP contribution in [0, 0.1) is 5.92 Å². The van der Waals surface area contributed by atoms with Crippen molar-refractivity contribution in [3.8, 4) is 5.75 Å². The minimum absolute atomic E-state index is 0.00784. The zero-order valence-electron chi connectivity index (χ0n) is 25.0. The SMILES string of the molecule is CC(C)C[C@@H]1NC(=O)CNC(=O)[C@H](C)NC(=O)[C@H](Cc2ccc(O)cc2)NC(=O)[C@H](Cc2ccccc2)NC(=O)CNC1=O. The highest BCUT2D eigenvalue weighted by molar-refractivity contribution is 5.96. The second kappa shape index (κ2) is 16.1. The maximum Gasteiger partial charge on any atom is 0.243 e. The molecule has 0 saturated carbocycles. The van der Waals surface area contributed by atoms with Crippen LogP contribution in [0.3, 0.4) is 0 Å². The Hall–Kier alpha value is -4.94. The molecule has 1 aliphatic rings. The van der Waals surface area contributed by atoms with Crippen molar-refractivity contribution in [2.45, 2.75) is 64.2 Å². The van der Waals surface area contributed by atoms with Crippen molar-refractivity contribution in [2.75, 3.05) is 13.1 Å². The van der Waals surface area contributed by atoms with Crippen LogP contribution in [0.5, 0.6) is 5.75 Å². The monoisotopic (exact) mass is 608 g/mol. The largest absolute Gasteiger partial charge is 0.508 e. The van der Waals surface area contributed by atoms with Crippen LogP contribution < -0.4 is 31.9 Å². The van der Waals surface area contributed by atoms with Gasteiger partial charge < -0.3 is 37.0 Å². The van der Waals surface area contributed by atoms with Crippen LogP contribution in [-0.2, 0) is 41.6 Å². The van der Waals surface area contributed by atoms with Gasteiger partial charge in [-0.15, -0.1) is 0 Å². The normalized spacial score (nSPS) is 22.8. The minimum atomic E-state index is -1.17. The standard InChI is InChI=1S/C31H40N6O7/c1-18(2)13-23-29(42)33-17-27(40)36-24(14-20-7-5-4-6-8-20)31(44)37-25(15-21-9-11-22(38)12-10-21)30(43)34-19(3)28(41)32-16-26(39)35-23/h4-12,18-19,23-25,38H,13-17H2,1-3H3,(H,32,41)(H,33,42)(H,34,43)(H,35,39)(H,36,40)(H,37,44)/t19-,23-,24-,25-/m0/s1. The topological polar surface area (TPSA) is 195 Å². The summed E-state index contributed by atoms with van der Waals surface area (Å²) in [5.41, 5.74) is 1.35. The maximum atomic E-state index is 13.6. The van der Waals surface area contributed by atoms with Crippen molar-refractivity contribution in [1.29, 1.82) is 0 Å². The second-order valence-electron chi connectivity index (χ2n) is 11.2. The smallest absolute Gasteiger partial charge is 0.243 e. The zero-order chi connectivity index (χ0) is 32.2. The van der Waals surface area contributed by atoms with Gasteiger partial charge in [0.1, 0.15) is 29.9 Å². The van der Waals surface area contributed by atoms with Crippen LogP contribution in [0.1, 0.15) is 38.3 Å². The quantitative estimate of drug-likeness (QED) is 0.228. The van der Waals surface area contributed by atoms with Crippen molar-refractivity contribution < 1.29 is 33.9 Å². The van der Waals surface area contributed by atoms with Crippen molar-refractivity contribution in [3.63, 3.8) is 0 Å². The Kier molecular flexibility index (Phi) is 12.2. The first kappa shape index (κ1) is 33.6. The van der Waals surface area contributed by atoms with E-state index in [1.165, 1.54) is 19.1 Å². The van der Waals surface area contributed by atoms with Gasteiger partial charge >= 0.3 is 0 Å². The number of nitrogens with one attached hydrogen (secondary N) is 6. The molecule has 236 valence electrons. The van der Waals surface area contributed by atoms with Crippen LogP contribution in [0.2, 0.25) is 0 Å². The Labute approximate surface area is 255 Å². The van der Waals surface area contributed by atoms with E-state index in [0.29, 0.717) is 5.56 Å². The Morgan fingerprint density at radius 3 is 1.73 bits per heavy atom. The summed E-state index contributed by atoms with van der Waals surface area (Å²) in [6.45, 7) is 4.25. The number of carbonyl (C=O) groups is 6. The van der Waals surface area contributed by atoms with Gasteiger partial charge in [-0.25, -0.2) is 0 Å². The number of carbonyl (C=O) groups excluding carboxylic acids is 6. The third kappa shape index (κ3) is 10.7. The van der Waals surface area contributed by atoms with E-state index in [0.717, 1.165) is 5.56 Å². The molecule has 13 heteroatoms. The molecule has 2 aromatic carbocycles. The van der Waals surface area contributed by atoms with Gasteiger partial charge in [0.25, 0.3) is 0 Å². The van der Waals surface area contributed by atoms with Gasteiger partial charge in [0.05, 0.1) is 13.1 Å². The highest BCUT2D eigenvalue weighted by Gasteiger charge is 2.30. The van der Waals surface area contributed by atoms with Crippen molar-refractivity contribution in [2.24, 2.45) is 5.92 Å². The molecule has 7 N–H and O–H groups in total. The molecule has 0 aromatic heterocycles. The van der Waals surface area contributed by atoms with E-state index in [1.54, 1.807) is 36.4 Å². The number of rotatable bonds is 6. The minimum Gasteiger partial charge on any atom is -0.508 e. The average molecular weight is 609 g/mol. The van der Waals surface area contributed by atoms with Crippen molar-refractivity contribution in [1.82, 2.24) is 31.9 Å². The zero-order valence-corrected chi connectivity index (χ0v) is 25.0. The highest BCUT2D eigenvalue weighted by atomic mass is 16.3. The first-order valence-corrected chi connectivity index (χ1v) is 14.5. The Bertz CT molecular complexity index is 1330. The molecule has 1 heterocycles. The van der Waals surface area contributed by atoms with Crippen LogP contribution in [0.15, 0.2) is 54.6 Å². The van der Waals surface area contributed by atoms with Crippen molar-refractivity contribution in [3.05, 3.63) is 65.7 Å². The highest BCUT2D eigenvalue weighted by Crippen LogP contribution is 2.12. The summed E-state index contributed by atoms with van der Waals surface area (Å²) in [5, 5.41) is 25.1. The van der Waals surface area contributed by atoms with E-state index in [1.807, 2.05) is 19.9 Å². The number of aromatic hydroxyl groups is 1. The lowest BCUT2D eigenvalue weighted by Gasteiger charge is -2.25. The fraction of sp³-hybridized carbons (Fsp3) is 0.419. The molecule has 1 aliphatic heterocycles. The van der Waals surface area contributed by atoms with Crippen LogP contribution in [0.25, 0.3) is 0 Å². The Balaban J connectivity index is 1.91. The van der Waals surface area contributed by atoms with E-state index < -0.39 is 72.7 Å². The van der Waals surface area contributed by atoms with Crippen LogP contribution in [0.4, 0.5) is 0 Å². The lowest BCUT2D eigenvalue weighted by Crippen LogP contribution is -2.59. The first-order chi connectivity index (χ1) is 20.9. The molecule has 0 aliphatic carbocycles. The van der Waals surface area contributed by atoms with Gasteiger partial charge in [0, 0.05) is 12.8 Å². The Morgan fingerprint density at radius 2 is 1.14 bits per heavy atom. The maximum absolute atomic E-state index is 13.6. The van der Waals surface area contributed by atoms with Gasteiger partial charge in [-0.2, -0.15) is 0 Å². The van der Waals surface area contributed by atoms with Crippen LogP contribution >= 0.6 is 0 Å². The summed E-state index contributed by atoms with van der Waals surface area (Å²) in [4.78, 5) is 78.2. The summed E-state index contributed by atoms with van der Waals surface area (Å²) in [7, 11) is 0. The Morgan fingerprint density at radius 1 is 0.636 bits per heavy atom. The molecule has 1 fully saturated rings. The molecule has 1 saturated heterocycles. The average Bonchev–Trinajstić information content (AvgIpc) is 2.98. The molecule has 13 nitrogen and oxygen atoms in total. The number of phenolic OH excluding ortho intramolecular Hbond substituents is 1. The molecule has 0 unspecified atom stereocenters. The number of phenols is 1. The van der Waals surface area contributed by atoms with E-state index >= 15 is 0 Å². The summed E-state index contributed by atoms with van der Waals surface area (Å²) in [6, 6.07) is 10.7. The predicted octanol–water partition coefficient (Wildman–Crippen LogP) is -0.571. The molecule has 0 bridgehead atoms. The summed E-state index contributed by atoms with van der Waals surface area (Å²) in [6.07, 6.45) is 0.375. The number of hydrogen-bond donors (Lipinski definition) is 7. The summed E-state index contributed by atoms with van der Waals surface area (Å²) >= 11 is 0. The second-order valence-corrected chi connectivity index (χ2v) is 11.2. The molecule has 44 heavy (non-hydrogen) atoms. The third-order valence-corrected chi connectivity index (χ3v) is 6.90. The van der Waals surface area contributed by atoms with E-state index in [4.69, 9.17) is 0 Å². The predicted molar refractivity (Wildman–Crippen MR) is 161 cm³/mol. The summed E-state index contributed by atoms with van der Waals surface area (Å²) in [5.74, 6) is -3.79. The van der Waals surface area contributed by atoms with Gasteiger partial charge in [-0.3, -0.25) is 28.8 Å². The van der Waals surface area contributed by atoms with Gasteiger partial charge in [-0.1, -0.05) is 56.3 Å². The fourth-order valence-electron chi connectivity index (χ4n) is 4.59. The van der Waals surface area contributed by atoms with E-state index in [-0.39, 0.29) is 30.9 Å². The molecule has 6 amide bonds. The van der Waals surface area contributed by atoms with Crippen LogP contribution in [-0.4, -0.2) is 77.8 Å². The lowest BCUT2D eigenvalue weighted by molar-refractivity contribution is -0.134. The van der Waals surface area contributed by atoms with Gasteiger partial charge in [0.15, 0.2) is 0 Å². The van der Waals surface area contributed by atoms with E-state index in [9.17, 15) is 33.9 Å². The number of hydrogen-bond acceptors (Lipinski definition) is 7. The summed E-state index contributed by atoms with van der Waals surface area (Å²) < 4.78 is 0. The van der Waals surface area contributed by atoms with E-state index in [2.05, 4.69) is 31.9 Å². The third-order valence-electron chi connectivity index (χ3n) is 6.90. The molecule has 4 atom stereocenters. The molecule has 3 rings (SSSR count). The van der Waals surface area contributed by atoms with Gasteiger partial charge in [-0.05, 0) is 42.5 Å². The molecule has 0 radical (unpaired) electrons. The molecule has 0 spiro atoms.